The molecule has 0 unspecified atom stereocenters. The fourth-order valence-electron chi connectivity index (χ4n) is 2.00. The normalized spacial score (nSPS) is 10.5. The molecule has 5 nitrogen and oxygen atoms in total. The maximum atomic E-state index is 11.9. The van der Waals surface area contributed by atoms with E-state index in [-0.39, 0.29) is 18.4 Å². The Labute approximate surface area is 126 Å². The Morgan fingerprint density at radius 2 is 1.95 bits per heavy atom. The molecule has 1 N–H and O–H groups in total. The Balaban J connectivity index is 2.55. The molecule has 0 aromatic heterocycles. The predicted octanol–water partition coefficient (Wildman–Crippen LogP) is 1.42. The summed E-state index contributed by atoms with van der Waals surface area (Å²) in [5.74, 6) is -0.269. The van der Waals surface area contributed by atoms with E-state index in [2.05, 4.69) is 10.2 Å². The standard InChI is InChI=1S/C16H25N3O2/c1-13-7-5-8-15(11-13)19(14(2)20)12-16(21)17-9-6-10-18(3)4/h5,7-8,11H,6,9-10,12H2,1-4H3,(H,17,21). The van der Waals surface area contributed by atoms with Gasteiger partial charge in [0.05, 0.1) is 0 Å². The predicted molar refractivity (Wildman–Crippen MR) is 85.4 cm³/mol. The highest BCUT2D eigenvalue weighted by atomic mass is 16.2. The first kappa shape index (κ1) is 17.2. The summed E-state index contributed by atoms with van der Waals surface area (Å²) in [4.78, 5) is 27.3. The largest absolute Gasteiger partial charge is 0.355 e. The summed E-state index contributed by atoms with van der Waals surface area (Å²) in [5.41, 5.74) is 1.82. The van der Waals surface area contributed by atoms with E-state index in [9.17, 15) is 9.59 Å². The van der Waals surface area contributed by atoms with Crippen molar-refractivity contribution in [2.75, 3.05) is 38.6 Å². The number of nitrogens with zero attached hydrogens (tertiary/aromatic N) is 2. The maximum absolute atomic E-state index is 11.9. The molecule has 0 aliphatic carbocycles. The van der Waals surface area contributed by atoms with Gasteiger partial charge in [-0.2, -0.15) is 0 Å². The van der Waals surface area contributed by atoms with Gasteiger partial charge in [0.15, 0.2) is 0 Å². The van der Waals surface area contributed by atoms with Gasteiger partial charge in [-0.15, -0.1) is 0 Å². The quantitative estimate of drug-likeness (QED) is 0.773. The Bertz CT molecular complexity index is 486. The van der Waals surface area contributed by atoms with Gasteiger partial charge in [-0.25, -0.2) is 0 Å². The summed E-state index contributed by atoms with van der Waals surface area (Å²) >= 11 is 0. The number of carbonyl (C=O) groups is 2. The van der Waals surface area contributed by atoms with Gasteiger partial charge in [-0.1, -0.05) is 12.1 Å². The van der Waals surface area contributed by atoms with Crippen molar-refractivity contribution >= 4 is 17.5 Å². The van der Waals surface area contributed by atoms with Crippen LogP contribution in [0.15, 0.2) is 24.3 Å². The zero-order chi connectivity index (χ0) is 15.8. The zero-order valence-corrected chi connectivity index (χ0v) is 13.3. The lowest BCUT2D eigenvalue weighted by Gasteiger charge is -2.21. The number of carbonyl (C=O) groups excluding carboxylic acids is 2. The van der Waals surface area contributed by atoms with E-state index < -0.39 is 0 Å². The molecule has 5 heteroatoms. The minimum absolute atomic E-state index is 0.0563. The molecule has 21 heavy (non-hydrogen) atoms. The lowest BCUT2D eigenvalue weighted by atomic mass is 10.2. The Morgan fingerprint density at radius 1 is 1.24 bits per heavy atom. The van der Waals surface area contributed by atoms with Crippen LogP contribution in [0, 0.1) is 6.92 Å². The lowest BCUT2D eigenvalue weighted by molar-refractivity contribution is -0.123. The van der Waals surface area contributed by atoms with Crippen LogP contribution in [0.4, 0.5) is 5.69 Å². The van der Waals surface area contributed by atoms with Crippen molar-refractivity contribution in [2.45, 2.75) is 20.3 Å². The van der Waals surface area contributed by atoms with Gasteiger partial charge in [0.25, 0.3) is 0 Å². The summed E-state index contributed by atoms with van der Waals surface area (Å²) < 4.78 is 0. The highest BCUT2D eigenvalue weighted by molar-refractivity contribution is 5.97. The average Bonchev–Trinajstić information content (AvgIpc) is 2.40. The summed E-state index contributed by atoms with van der Waals surface area (Å²) in [6, 6.07) is 7.59. The van der Waals surface area contributed by atoms with E-state index in [1.807, 2.05) is 45.3 Å². The van der Waals surface area contributed by atoms with Gasteiger partial charge in [-0.3, -0.25) is 9.59 Å². The summed E-state index contributed by atoms with van der Waals surface area (Å²) in [6.45, 7) is 5.04. The molecule has 0 atom stereocenters. The second kappa shape index (κ2) is 8.42. The average molecular weight is 291 g/mol. The van der Waals surface area contributed by atoms with E-state index in [0.717, 1.165) is 24.2 Å². The van der Waals surface area contributed by atoms with Crippen LogP contribution in [0.25, 0.3) is 0 Å². The molecule has 0 fully saturated rings. The van der Waals surface area contributed by atoms with Gasteiger partial charge in [-0.05, 0) is 51.7 Å². The van der Waals surface area contributed by atoms with Crippen molar-refractivity contribution in [3.05, 3.63) is 29.8 Å². The highest BCUT2D eigenvalue weighted by Gasteiger charge is 2.15. The van der Waals surface area contributed by atoms with Crippen LogP contribution < -0.4 is 10.2 Å². The molecular formula is C16H25N3O2. The summed E-state index contributed by atoms with van der Waals surface area (Å²) in [7, 11) is 3.99. The van der Waals surface area contributed by atoms with Crippen molar-refractivity contribution in [1.82, 2.24) is 10.2 Å². The molecule has 1 aromatic rings. The molecule has 0 heterocycles. The Morgan fingerprint density at radius 3 is 2.52 bits per heavy atom. The van der Waals surface area contributed by atoms with Gasteiger partial charge < -0.3 is 15.1 Å². The van der Waals surface area contributed by atoms with E-state index in [1.54, 1.807) is 0 Å². The number of hydrogen-bond acceptors (Lipinski definition) is 3. The molecule has 0 spiro atoms. The van der Waals surface area contributed by atoms with Crippen LogP contribution >= 0.6 is 0 Å². The van der Waals surface area contributed by atoms with E-state index >= 15 is 0 Å². The minimum atomic E-state index is -0.135. The Kier molecular flexibility index (Phi) is 6.88. The van der Waals surface area contributed by atoms with Gasteiger partial charge in [0.1, 0.15) is 6.54 Å². The van der Waals surface area contributed by atoms with Gasteiger partial charge in [0, 0.05) is 19.2 Å². The first-order valence-corrected chi connectivity index (χ1v) is 7.16. The smallest absolute Gasteiger partial charge is 0.240 e. The molecule has 0 saturated carbocycles. The third-order valence-corrected chi connectivity index (χ3v) is 3.10. The summed E-state index contributed by atoms with van der Waals surface area (Å²) in [5, 5.41) is 2.85. The number of rotatable bonds is 7. The number of hydrogen-bond donors (Lipinski definition) is 1. The Hall–Kier alpha value is -1.88. The van der Waals surface area contributed by atoms with Crippen LogP contribution in [0.3, 0.4) is 0 Å². The van der Waals surface area contributed by atoms with Crippen molar-refractivity contribution in [1.29, 1.82) is 0 Å². The molecular weight excluding hydrogens is 266 g/mol. The molecule has 116 valence electrons. The van der Waals surface area contributed by atoms with E-state index in [1.165, 1.54) is 11.8 Å². The molecule has 0 radical (unpaired) electrons. The third kappa shape index (κ3) is 6.40. The highest BCUT2D eigenvalue weighted by Crippen LogP contribution is 2.15. The molecule has 1 aromatic carbocycles. The van der Waals surface area contributed by atoms with E-state index in [0.29, 0.717) is 6.54 Å². The second-order valence-electron chi connectivity index (χ2n) is 5.45. The van der Waals surface area contributed by atoms with Crippen molar-refractivity contribution in [3.8, 4) is 0 Å². The fraction of sp³-hybridized carbons (Fsp3) is 0.500. The van der Waals surface area contributed by atoms with Crippen molar-refractivity contribution < 1.29 is 9.59 Å². The lowest BCUT2D eigenvalue weighted by Crippen LogP contribution is -2.40. The number of anilines is 1. The minimum Gasteiger partial charge on any atom is -0.355 e. The maximum Gasteiger partial charge on any atom is 0.240 e. The zero-order valence-electron chi connectivity index (χ0n) is 13.3. The molecule has 0 saturated heterocycles. The van der Waals surface area contributed by atoms with Crippen molar-refractivity contribution in [2.24, 2.45) is 0 Å². The molecule has 0 aliphatic rings. The number of aryl methyl sites for hydroxylation is 1. The van der Waals surface area contributed by atoms with Crippen LogP contribution in [0.2, 0.25) is 0 Å². The van der Waals surface area contributed by atoms with Crippen molar-refractivity contribution in [3.63, 3.8) is 0 Å². The third-order valence-electron chi connectivity index (χ3n) is 3.10. The van der Waals surface area contributed by atoms with Gasteiger partial charge >= 0.3 is 0 Å². The first-order chi connectivity index (χ1) is 9.90. The number of benzene rings is 1. The van der Waals surface area contributed by atoms with Crippen LogP contribution in [0.1, 0.15) is 18.9 Å². The molecule has 0 aliphatic heterocycles. The number of amides is 2. The summed E-state index contributed by atoms with van der Waals surface area (Å²) in [6.07, 6.45) is 0.892. The molecule has 1 rings (SSSR count). The van der Waals surface area contributed by atoms with Crippen LogP contribution in [0.5, 0.6) is 0 Å². The monoisotopic (exact) mass is 291 g/mol. The van der Waals surface area contributed by atoms with Gasteiger partial charge in [0.2, 0.25) is 11.8 Å². The second-order valence-corrected chi connectivity index (χ2v) is 5.45. The van der Waals surface area contributed by atoms with Crippen LogP contribution in [-0.4, -0.2) is 50.4 Å². The fourth-order valence-corrected chi connectivity index (χ4v) is 2.00. The van der Waals surface area contributed by atoms with Crippen LogP contribution in [-0.2, 0) is 9.59 Å². The topological polar surface area (TPSA) is 52.7 Å². The SMILES string of the molecule is CC(=O)N(CC(=O)NCCCN(C)C)c1cccc(C)c1. The molecule has 0 bridgehead atoms. The molecule has 2 amide bonds. The van der Waals surface area contributed by atoms with E-state index in [4.69, 9.17) is 0 Å². The first-order valence-electron chi connectivity index (χ1n) is 7.16. The number of nitrogens with one attached hydrogen (secondary N) is 1.